The third-order valence-corrected chi connectivity index (χ3v) is 3.95. The minimum Gasteiger partial charge on any atom is -0.465 e. The van der Waals surface area contributed by atoms with Crippen molar-refractivity contribution in [1.29, 1.82) is 0 Å². The van der Waals surface area contributed by atoms with Crippen LogP contribution in [-0.2, 0) is 4.74 Å². The molecule has 0 N–H and O–H groups in total. The zero-order valence-electron chi connectivity index (χ0n) is 8.17. The molecule has 1 aromatic rings. The van der Waals surface area contributed by atoms with Crippen molar-refractivity contribution in [2.45, 2.75) is 12.8 Å². The van der Waals surface area contributed by atoms with Crippen molar-refractivity contribution in [3.63, 3.8) is 0 Å². The number of carbonyl (C=O) groups is 1. The van der Waals surface area contributed by atoms with Crippen molar-refractivity contribution in [2.24, 2.45) is 5.92 Å². The minimum absolute atomic E-state index is 0.314. The van der Waals surface area contributed by atoms with Crippen LogP contribution in [0.5, 0.6) is 0 Å². The van der Waals surface area contributed by atoms with Gasteiger partial charge in [0.05, 0.1) is 12.0 Å². The number of ether oxygens (including phenoxy) is 1. The van der Waals surface area contributed by atoms with Gasteiger partial charge in [-0.05, 0) is 34.8 Å². The highest BCUT2D eigenvalue weighted by Crippen LogP contribution is 2.30. The van der Waals surface area contributed by atoms with Gasteiger partial charge in [-0.3, -0.25) is 0 Å². The van der Waals surface area contributed by atoms with E-state index in [4.69, 9.17) is 0 Å². The van der Waals surface area contributed by atoms with E-state index in [2.05, 4.69) is 32.5 Å². The Labute approximate surface area is 101 Å². The summed E-state index contributed by atoms with van der Waals surface area (Å²) >= 11 is 4.69. The van der Waals surface area contributed by atoms with Crippen LogP contribution in [-0.4, -0.2) is 13.1 Å². The Balaban J connectivity index is 2.21. The predicted octanol–water partition coefficient (Wildman–Crippen LogP) is 3.06. The first-order chi connectivity index (χ1) is 7.20. The molecule has 0 unspecified atom stereocenters. The molecule has 0 atom stereocenters. The average Bonchev–Trinajstić information content (AvgIpc) is 2.98. The Morgan fingerprint density at radius 2 is 2.40 bits per heavy atom. The molecular weight excluding hydrogens is 276 g/mol. The second-order valence-electron chi connectivity index (χ2n) is 3.32. The Bertz CT molecular complexity index is 449. The number of methoxy groups -OCH3 is 1. The molecule has 2 nitrogen and oxygen atoms in total. The van der Waals surface area contributed by atoms with Crippen LogP contribution in [0.4, 0.5) is 0 Å². The molecule has 1 saturated carbocycles. The van der Waals surface area contributed by atoms with Crippen molar-refractivity contribution in [3.8, 4) is 11.8 Å². The van der Waals surface area contributed by atoms with Crippen LogP contribution < -0.4 is 0 Å². The number of thiophene rings is 1. The molecule has 78 valence electrons. The standard InChI is InChI=1S/C11H9BrO2S/c1-14-11(13)10-9(12)6-8(15-10)5-4-7-2-3-7/h6-7H,2-3H2,1H3. The Morgan fingerprint density at radius 1 is 1.67 bits per heavy atom. The highest BCUT2D eigenvalue weighted by molar-refractivity contribution is 9.10. The molecule has 0 saturated heterocycles. The molecule has 0 bridgehead atoms. The summed E-state index contributed by atoms with van der Waals surface area (Å²) < 4.78 is 5.43. The summed E-state index contributed by atoms with van der Waals surface area (Å²) in [7, 11) is 1.38. The quantitative estimate of drug-likeness (QED) is 0.585. The smallest absolute Gasteiger partial charge is 0.349 e. The molecule has 0 radical (unpaired) electrons. The molecule has 1 fully saturated rings. The van der Waals surface area contributed by atoms with Gasteiger partial charge in [-0.25, -0.2) is 4.79 Å². The third-order valence-electron chi connectivity index (χ3n) is 2.03. The molecule has 0 amide bonds. The van der Waals surface area contributed by atoms with Gasteiger partial charge in [0, 0.05) is 10.4 Å². The van der Waals surface area contributed by atoms with Gasteiger partial charge in [0.2, 0.25) is 0 Å². The number of halogens is 1. The lowest BCUT2D eigenvalue weighted by atomic mass is 10.4. The van der Waals surface area contributed by atoms with Crippen molar-refractivity contribution < 1.29 is 9.53 Å². The lowest BCUT2D eigenvalue weighted by Gasteiger charge is -1.93. The number of carbonyl (C=O) groups excluding carboxylic acids is 1. The molecule has 1 aliphatic rings. The van der Waals surface area contributed by atoms with E-state index in [1.165, 1.54) is 31.3 Å². The summed E-state index contributed by atoms with van der Waals surface area (Å²) in [5.74, 6) is 6.50. The predicted molar refractivity (Wildman–Crippen MR) is 63.0 cm³/mol. The SMILES string of the molecule is COC(=O)c1sc(C#CC2CC2)cc1Br. The molecule has 0 aliphatic heterocycles. The lowest BCUT2D eigenvalue weighted by Crippen LogP contribution is -1.97. The van der Waals surface area contributed by atoms with Crippen molar-refractivity contribution in [3.05, 3.63) is 20.3 Å². The van der Waals surface area contributed by atoms with E-state index >= 15 is 0 Å². The third kappa shape index (κ3) is 2.61. The van der Waals surface area contributed by atoms with Crippen LogP contribution in [0.15, 0.2) is 10.5 Å². The highest BCUT2D eigenvalue weighted by atomic mass is 79.9. The van der Waals surface area contributed by atoms with E-state index in [9.17, 15) is 4.79 Å². The summed E-state index contributed by atoms with van der Waals surface area (Å²) in [6.45, 7) is 0. The number of hydrogen-bond donors (Lipinski definition) is 0. The molecule has 0 aromatic carbocycles. The topological polar surface area (TPSA) is 26.3 Å². The zero-order chi connectivity index (χ0) is 10.8. The van der Waals surface area contributed by atoms with E-state index in [0.717, 1.165) is 9.35 Å². The molecule has 2 rings (SSSR count). The monoisotopic (exact) mass is 284 g/mol. The van der Waals surface area contributed by atoms with Gasteiger partial charge in [-0.15, -0.1) is 11.3 Å². The number of rotatable bonds is 1. The maximum Gasteiger partial charge on any atom is 0.349 e. The molecule has 1 heterocycles. The minimum atomic E-state index is -0.314. The van der Waals surface area contributed by atoms with E-state index in [1.54, 1.807) is 0 Å². The van der Waals surface area contributed by atoms with Gasteiger partial charge in [0.1, 0.15) is 4.88 Å². The first-order valence-electron chi connectivity index (χ1n) is 4.60. The van der Waals surface area contributed by atoms with Crippen LogP contribution in [0.3, 0.4) is 0 Å². The summed E-state index contributed by atoms with van der Waals surface area (Å²) in [5, 5.41) is 0. The molecular formula is C11H9BrO2S. The second kappa shape index (κ2) is 4.38. The summed E-state index contributed by atoms with van der Waals surface area (Å²) in [5.41, 5.74) is 0. The van der Waals surface area contributed by atoms with Gasteiger partial charge in [-0.1, -0.05) is 11.8 Å². The van der Waals surface area contributed by atoms with Gasteiger partial charge in [0.15, 0.2) is 0 Å². The van der Waals surface area contributed by atoms with E-state index in [0.29, 0.717) is 10.8 Å². The first kappa shape index (κ1) is 10.7. The van der Waals surface area contributed by atoms with Gasteiger partial charge >= 0.3 is 5.97 Å². The number of esters is 1. The van der Waals surface area contributed by atoms with Crippen LogP contribution in [0.2, 0.25) is 0 Å². The van der Waals surface area contributed by atoms with Crippen LogP contribution in [0.25, 0.3) is 0 Å². The summed E-state index contributed by atoms with van der Waals surface area (Å²) in [6.07, 6.45) is 2.42. The maximum absolute atomic E-state index is 11.3. The van der Waals surface area contributed by atoms with Gasteiger partial charge in [-0.2, -0.15) is 0 Å². The van der Waals surface area contributed by atoms with Gasteiger partial charge < -0.3 is 4.74 Å². The molecule has 1 aromatic heterocycles. The fraction of sp³-hybridized carbons (Fsp3) is 0.364. The Hall–Kier alpha value is -0.790. The largest absolute Gasteiger partial charge is 0.465 e. The van der Waals surface area contributed by atoms with Crippen molar-refractivity contribution >= 4 is 33.2 Å². The Kier molecular flexibility index (Phi) is 3.13. The molecule has 0 spiro atoms. The highest BCUT2D eigenvalue weighted by Gasteiger charge is 2.18. The molecule has 4 heteroatoms. The second-order valence-corrected chi connectivity index (χ2v) is 5.23. The fourth-order valence-corrected chi connectivity index (χ4v) is 2.68. The first-order valence-corrected chi connectivity index (χ1v) is 6.21. The van der Waals surface area contributed by atoms with E-state index in [1.807, 2.05) is 6.07 Å². The van der Waals surface area contributed by atoms with Crippen LogP contribution in [0, 0.1) is 17.8 Å². The summed E-state index contributed by atoms with van der Waals surface area (Å²) in [4.78, 5) is 12.8. The number of hydrogen-bond acceptors (Lipinski definition) is 3. The van der Waals surface area contributed by atoms with Crippen molar-refractivity contribution in [2.75, 3.05) is 7.11 Å². The normalized spacial score (nSPS) is 14.3. The maximum atomic E-state index is 11.3. The average molecular weight is 285 g/mol. The van der Waals surface area contributed by atoms with E-state index < -0.39 is 0 Å². The lowest BCUT2D eigenvalue weighted by molar-refractivity contribution is 0.0605. The van der Waals surface area contributed by atoms with Gasteiger partial charge in [0.25, 0.3) is 0 Å². The van der Waals surface area contributed by atoms with E-state index in [-0.39, 0.29) is 5.97 Å². The van der Waals surface area contributed by atoms with Crippen LogP contribution in [0.1, 0.15) is 27.4 Å². The molecule has 1 aliphatic carbocycles. The fourth-order valence-electron chi connectivity index (χ4n) is 1.06. The Morgan fingerprint density at radius 3 is 3.00 bits per heavy atom. The van der Waals surface area contributed by atoms with Crippen LogP contribution >= 0.6 is 27.3 Å². The zero-order valence-corrected chi connectivity index (χ0v) is 10.6. The summed E-state index contributed by atoms with van der Waals surface area (Å²) in [6, 6.07) is 1.87. The van der Waals surface area contributed by atoms with Crippen molar-refractivity contribution in [1.82, 2.24) is 0 Å². The molecule has 15 heavy (non-hydrogen) atoms.